The summed E-state index contributed by atoms with van der Waals surface area (Å²) in [6.07, 6.45) is 5.54. The van der Waals surface area contributed by atoms with E-state index in [0.717, 1.165) is 30.0 Å². The smallest absolute Gasteiger partial charge is 0.236 e. The molecule has 0 saturated heterocycles. The van der Waals surface area contributed by atoms with Gasteiger partial charge in [-0.2, -0.15) is 13.2 Å². The summed E-state index contributed by atoms with van der Waals surface area (Å²) in [5, 5.41) is 0. The van der Waals surface area contributed by atoms with Crippen LogP contribution in [0.15, 0.2) is 42.3 Å². The highest BCUT2D eigenvalue weighted by Gasteiger charge is 2.31. The van der Waals surface area contributed by atoms with Crippen molar-refractivity contribution in [2.24, 2.45) is 0 Å². The van der Waals surface area contributed by atoms with Crippen molar-refractivity contribution in [2.45, 2.75) is 19.5 Å². The van der Waals surface area contributed by atoms with Gasteiger partial charge in [-0.25, -0.2) is 9.97 Å². The standard InChI is InChI=1S/C13H11F3N2/c1-9-3-2-4-10(6-5-9)12-17-7-11(8-18-12)13(14,15)16/h3-8H,2H2,1H3. The lowest BCUT2D eigenvalue weighted by Gasteiger charge is -2.06. The van der Waals surface area contributed by atoms with Crippen LogP contribution in [0.4, 0.5) is 13.2 Å². The molecule has 0 radical (unpaired) electrons. The van der Waals surface area contributed by atoms with Gasteiger partial charge in [-0.15, -0.1) is 0 Å². The predicted octanol–water partition coefficient (Wildman–Crippen LogP) is 3.79. The van der Waals surface area contributed by atoms with E-state index in [-0.39, 0.29) is 0 Å². The molecule has 0 saturated carbocycles. The van der Waals surface area contributed by atoms with E-state index in [1.54, 1.807) is 6.08 Å². The van der Waals surface area contributed by atoms with Gasteiger partial charge in [0.1, 0.15) is 0 Å². The van der Waals surface area contributed by atoms with Crippen LogP contribution in [0.2, 0.25) is 0 Å². The Bertz CT molecular complexity index is 522. The Morgan fingerprint density at radius 2 is 1.72 bits per heavy atom. The molecule has 0 atom stereocenters. The van der Waals surface area contributed by atoms with Crippen LogP contribution in [-0.4, -0.2) is 9.97 Å². The van der Waals surface area contributed by atoms with Gasteiger partial charge in [0, 0.05) is 18.0 Å². The molecule has 18 heavy (non-hydrogen) atoms. The summed E-state index contributed by atoms with van der Waals surface area (Å²) in [6, 6.07) is 0. The molecule has 0 unspecified atom stereocenters. The number of hydrogen-bond acceptors (Lipinski definition) is 2. The fraction of sp³-hybridized carbons (Fsp3) is 0.231. The molecule has 0 N–H and O–H groups in total. The molecule has 0 aliphatic heterocycles. The second-order valence-corrected chi connectivity index (χ2v) is 3.97. The Morgan fingerprint density at radius 1 is 1.06 bits per heavy atom. The highest BCUT2D eigenvalue weighted by Crippen LogP contribution is 2.28. The monoisotopic (exact) mass is 252 g/mol. The van der Waals surface area contributed by atoms with Gasteiger partial charge in [0.15, 0.2) is 5.82 Å². The van der Waals surface area contributed by atoms with E-state index in [4.69, 9.17) is 0 Å². The Labute approximate surface area is 103 Å². The van der Waals surface area contributed by atoms with Gasteiger partial charge in [-0.05, 0) is 13.3 Å². The molecule has 0 fully saturated rings. The van der Waals surface area contributed by atoms with Crippen molar-refractivity contribution in [3.05, 3.63) is 53.7 Å². The molecular formula is C13H11F3N2. The summed E-state index contributed by atoms with van der Waals surface area (Å²) in [6.45, 7) is 1.96. The Kier molecular flexibility index (Phi) is 3.32. The van der Waals surface area contributed by atoms with E-state index in [0.29, 0.717) is 5.82 Å². The molecule has 2 rings (SSSR count). The van der Waals surface area contributed by atoms with Gasteiger partial charge >= 0.3 is 6.18 Å². The average Bonchev–Trinajstić information content (AvgIpc) is 2.53. The van der Waals surface area contributed by atoms with Gasteiger partial charge in [0.2, 0.25) is 0 Å². The minimum absolute atomic E-state index is 0.308. The SMILES string of the molecule is CC1=CCC=C(c2ncc(C(F)(F)F)cn2)C=C1. The molecule has 1 aromatic rings. The van der Waals surface area contributed by atoms with Crippen molar-refractivity contribution in [3.63, 3.8) is 0 Å². The van der Waals surface area contributed by atoms with Crippen LogP contribution in [0, 0.1) is 0 Å². The van der Waals surface area contributed by atoms with E-state index >= 15 is 0 Å². The fourth-order valence-corrected chi connectivity index (χ4v) is 1.52. The van der Waals surface area contributed by atoms with E-state index < -0.39 is 11.7 Å². The summed E-state index contributed by atoms with van der Waals surface area (Å²) >= 11 is 0. The van der Waals surface area contributed by atoms with Gasteiger partial charge in [-0.3, -0.25) is 0 Å². The van der Waals surface area contributed by atoms with Crippen molar-refractivity contribution in [2.75, 3.05) is 0 Å². The quantitative estimate of drug-likeness (QED) is 0.760. The Hall–Kier alpha value is -1.91. The van der Waals surface area contributed by atoms with Crippen LogP contribution in [0.3, 0.4) is 0 Å². The maximum Gasteiger partial charge on any atom is 0.419 e. The summed E-state index contributed by atoms with van der Waals surface area (Å²) in [4.78, 5) is 7.52. The maximum atomic E-state index is 12.4. The second kappa shape index (κ2) is 4.76. The molecule has 0 bridgehead atoms. The molecule has 0 spiro atoms. The zero-order chi connectivity index (χ0) is 13.2. The van der Waals surface area contributed by atoms with Crippen molar-refractivity contribution >= 4 is 5.57 Å². The lowest BCUT2D eigenvalue weighted by molar-refractivity contribution is -0.138. The third-order valence-electron chi connectivity index (χ3n) is 2.54. The highest BCUT2D eigenvalue weighted by molar-refractivity contribution is 5.70. The first-order valence-corrected chi connectivity index (χ1v) is 5.41. The Morgan fingerprint density at radius 3 is 2.33 bits per heavy atom. The van der Waals surface area contributed by atoms with E-state index in [9.17, 15) is 13.2 Å². The minimum Gasteiger partial charge on any atom is -0.236 e. The molecule has 1 aromatic heterocycles. The summed E-state index contributed by atoms with van der Waals surface area (Å²) in [7, 11) is 0. The van der Waals surface area contributed by atoms with Gasteiger partial charge < -0.3 is 0 Å². The van der Waals surface area contributed by atoms with Gasteiger partial charge in [-0.1, -0.05) is 29.9 Å². The van der Waals surface area contributed by atoms with Crippen LogP contribution < -0.4 is 0 Å². The third-order valence-corrected chi connectivity index (χ3v) is 2.54. The summed E-state index contributed by atoms with van der Waals surface area (Å²) in [5.74, 6) is 0.308. The van der Waals surface area contributed by atoms with Crippen LogP contribution >= 0.6 is 0 Å². The number of alkyl halides is 3. The van der Waals surface area contributed by atoms with E-state index in [1.165, 1.54) is 0 Å². The molecule has 1 heterocycles. The van der Waals surface area contributed by atoms with Gasteiger partial charge in [0.25, 0.3) is 0 Å². The van der Waals surface area contributed by atoms with E-state index in [1.807, 2.05) is 25.2 Å². The average molecular weight is 252 g/mol. The second-order valence-electron chi connectivity index (χ2n) is 3.97. The van der Waals surface area contributed by atoms with E-state index in [2.05, 4.69) is 9.97 Å². The van der Waals surface area contributed by atoms with Crippen LogP contribution in [0.5, 0.6) is 0 Å². The molecule has 0 aromatic carbocycles. The molecule has 0 amide bonds. The first-order chi connectivity index (χ1) is 8.47. The number of allylic oxidation sites excluding steroid dienone is 6. The van der Waals surface area contributed by atoms with Crippen LogP contribution in [0.25, 0.3) is 5.57 Å². The lowest BCUT2D eigenvalue weighted by atomic mass is 10.2. The largest absolute Gasteiger partial charge is 0.419 e. The Balaban J connectivity index is 2.26. The zero-order valence-electron chi connectivity index (χ0n) is 9.70. The number of hydrogen-bond donors (Lipinski definition) is 0. The predicted molar refractivity (Wildman–Crippen MR) is 62.5 cm³/mol. The third kappa shape index (κ3) is 2.85. The highest BCUT2D eigenvalue weighted by atomic mass is 19.4. The van der Waals surface area contributed by atoms with Crippen molar-refractivity contribution in [1.82, 2.24) is 9.97 Å². The van der Waals surface area contributed by atoms with Crippen molar-refractivity contribution in [3.8, 4) is 0 Å². The van der Waals surface area contributed by atoms with Crippen LogP contribution in [-0.2, 0) is 6.18 Å². The molecule has 2 nitrogen and oxygen atoms in total. The number of rotatable bonds is 1. The topological polar surface area (TPSA) is 25.8 Å². The molecule has 94 valence electrons. The number of halogens is 3. The van der Waals surface area contributed by atoms with Crippen molar-refractivity contribution in [1.29, 1.82) is 0 Å². The first-order valence-electron chi connectivity index (χ1n) is 5.41. The summed E-state index contributed by atoms with van der Waals surface area (Å²) < 4.78 is 37.1. The fourth-order valence-electron chi connectivity index (χ4n) is 1.52. The number of nitrogens with zero attached hydrogens (tertiary/aromatic N) is 2. The normalized spacial score (nSPS) is 16.0. The van der Waals surface area contributed by atoms with Crippen molar-refractivity contribution < 1.29 is 13.2 Å². The first kappa shape index (κ1) is 12.5. The number of aromatic nitrogens is 2. The van der Waals surface area contributed by atoms with Gasteiger partial charge in [0.05, 0.1) is 5.56 Å². The zero-order valence-corrected chi connectivity index (χ0v) is 9.70. The molecule has 5 heteroatoms. The maximum absolute atomic E-state index is 12.4. The summed E-state index contributed by atoms with van der Waals surface area (Å²) in [5.41, 5.74) is 1.00. The lowest BCUT2D eigenvalue weighted by Crippen LogP contribution is -2.07. The van der Waals surface area contributed by atoms with Crippen LogP contribution in [0.1, 0.15) is 24.7 Å². The minimum atomic E-state index is -4.40. The molecule has 1 aliphatic rings. The molecule has 1 aliphatic carbocycles. The molecular weight excluding hydrogens is 241 g/mol.